The van der Waals surface area contributed by atoms with E-state index in [0.717, 1.165) is 16.9 Å². The summed E-state index contributed by atoms with van der Waals surface area (Å²) < 4.78 is 33.7. The van der Waals surface area contributed by atoms with Crippen molar-refractivity contribution < 1.29 is 12.9 Å². The Bertz CT molecular complexity index is 1180. The minimum atomic E-state index is -3.62. The maximum atomic E-state index is 13.4. The van der Waals surface area contributed by atoms with Gasteiger partial charge in [-0.2, -0.15) is 4.31 Å². The molecule has 0 spiro atoms. The topological polar surface area (TPSA) is 66.7 Å². The summed E-state index contributed by atoms with van der Waals surface area (Å²) in [5, 5.41) is 4.58. The van der Waals surface area contributed by atoms with Gasteiger partial charge in [-0.3, -0.25) is 0 Å². The van der Waals surface area contributed by atoms with Crippen LogP contribution in [0.25, 0.3) is 11.3 Å². The lowest BCUT2D eigenvalue weighted by Gasteiger charge is -2.36. The van der Waals surface area contributed by atoms with E-state index in [1.165, 1.54) is 0 Å². The molecule has 1 saturated heterocycles. The van der Waals surface area contributed by atoms with Crippen LogP contribution in [0.1, 0.15) is 16.8 Å². The van der Waals surface area contributed by atoms with E-state index in [1.807, 2.05) is 51.1 Å². The lowest BCUT2D eigenvalue weighted by molar-refractivity contribution is 0.384. The summed E-state index contributed by atoms with van der Waals surface area (Å²) in [6, 6.07) is 12.9. The summed E-state index contributed by atoms with van der Waals surface area (Å²) in [6.07, 6.45) is 0. The Morgan fingerprint density at radius 2 is 1.63 bits per heavy atom. The Balaban J connectivity index is 1.57. The molecule has 30 heavy (non-hydrogen) atoms. The third kappa shape index (κ3) is 3.97. The van der Waals surface area contributed by atoms with Gasteiger partial charge in [0.1, 0.15) is 0 Å². The van der Waals surface area contributed by atoms with Crippen LogP contribution < -0.4 is 4.90 Å². The van der Waals surface area contributed by atoms with Gasteiger partial charge in [0.25, 0.3) is 0 Å². The van der Waals surface area contributed by atoms with Crippen LogP contribution in [0.15, 0.2) is 51.9 Å². The number of halogens is 1. The van der Waals surface area contributed by atoms with Crippen LogP contribution >= 0.6 is 11.6 Å². The molecule has 0 N–H and O–H groups in total. The predicted octanol–water partition coefficient (Wildman–Crippen LogP) is 4.43. The molecular formula is C22H24ClN3O3S. The van der Waals surface area contributed by atoms with Gasteiger partial charge in [0, 0.05) is 48.5 Å². The third-order valence-electron chi connectivity index (χ3n) is 5.47. The second kappa shape index (κ2) is 8.06. The molecule has 1 aromatic heterocycles. The van der Waals surface area contributed by atoms with Crippen molar-refractivity contribution in [1.82, 2.24) is 9.46 Å². The molecule has 0 amide bonds. The van der Waals surface area contributed by atoms with Gasteiger partial charge in [0.15, 0.2) is 5.76 Å². The van der Waals surface area contributed by atoms with E-state index in [9.17, 15) is 8.42 Å². The largest absolute Gasteiger partial charge is 0.369 e. The van der Waals surface area contributed by atoms with Gasteiger partial charge in [-0.1, -0.05) is 35.0 Å². The highest BCUT2D eigenvalue weighted by molar-refractivity contribution is 7.89. The lowest BCUT2D eigenvalue weighted by Crippen LogP contribution is -2.49. The van der Waals surface area contributed by atoms with Gasteiger partial charge in [0.2, 0.25) is 10.0 Å². The van der Waals surface area contributed by atoms with E-state index in [2.05, 4.69) is 10.1 Å². The van der Waals surface area contributed by atoms with Crippen LogP contribution in [-0.4, -0.2) is 44.1 Å². The molecule has 0 radical (unpaired) electrons. The maximum absolute atomic E-state index is 13.4. The zero-order valence-electron chi connectivity index (χ0n) is 17.2. The number of anilines is 1. The lowest BCUT2D eigenvalue weighted by atomic mass is 10.1. The van der Waals surface area contributed by atoms with Crippen LogP contribution in [0, 0.1) is 20.8 Å². The Labute approximate surface area is 182 Å². The molecule has 2 heterocycles. The Hall–Kier alpha value is -2.35. The van der Waals surface area contributed by atoms with E-state index >= 15 is 0 Å². The summed E-state index contributed by atoms with van der Waals surface area (Å²) in [5.74, 6) is 0.560. The average molecular weight is 446 g/mol. The molecule has 0 atom stereocenters. The molecule has 4 rings (SSSR count). The predicted molar refractivity (Wildman–Crippen MR) is 119 cm³/mol. The Morgan fingerprint density at radius 1 is 0.933 bits per heavy atom. The normalized spacial score (nSPS) is 15.5. The number of rotatable bonds is 4. The van der Waals surface area contributed by atoms with Crippen molar-refractivity contribution in [2.24, 2.45) is 0 Å². The highest BCUT2D eigenvalue weighted by Gasteiger charge is 2.30. The van der Waals surface area contributed by atoms with Crippen molar-refractivity contribution in [3.05, 3.63) is 64.3 Å². The molecule has 6 nitrogen and oxygen atoms in total. The van der Waals surface area contributed by atoms with Crippen LogP contribution in [0.3, 0.4) is 0 Å². The molecule has 0 aliphatic carbocycles. The monoisotopic (exact) mass is 445 g/mol. The fraction of sp³-hybridized carbons (Fsp3) is 0.318. The molecule has 158 valence electrons. The standard InChI is InChI=1S/C22H24ClN3O3S/c1-15-5-7-19(23)14-20(15)25-8-10-26(11-9-25)30(27,28)22-13-18(6-4-16(22)2)21-12-17(3)24-29-21/h4-7,12-14H,8-11H2,1-3H3. The first-order chi connectivity index (χ1) is 14.3. The van der Waals surface area contributed by atoms with Crippen LogP contribution in [-0.2, 0) is 10.0 Å². The third-order valence-corrected chi connectivity index (χ3v) is 7.74. The van der Waals surface area contributed by atoms with Crippen LogP contribution in [0.5, 0.6) is 0 Å². The van der Waals surface area contributed by atoms with Crippen molar-refractivity contribution in [3.8, 4) is 11.3 Å². The number of sulfonamides is 1. The van der Waals surface area contributed by atoms with Gasteiger partial charge < -0.3 is 9.42 Å². The molecule has 0 bridgehead atoms. The van der Waals surface area contributed by atoms with Crippen LogP contribution in [0.2, 0.25) is 5.02 Å². The van der Waals surface area contributed by atoms with Crippen molar-refractivity contribution in [2.45, 2.75) is 25.7 Å². The summed E-state index contributed by atoms with van der Waals surface area (Å²) >= 11 is 6.16. The number of hydrogen-bond acceptors (Lipinski definition) is 5. The van der Waals surface area contributed by atoms with Crippen molar-refractivity contribution in [3.63, 3.8) is 0 Å². The molecule has 1 fully saturated rings. The summed E-state index contributed by atoms with van der Waals surface area (Å²) in [6.45, 7) is 7.74. The first-order valence-corrected chi connectivity index (χ1v) is 11.6. The highest BCUT2D eigenvalue weighted by Crippen LogP contribution is 2.30. The molecule has 2 aromatic carbocycles. The molecule has 3 aromatic rings. The van der Waals surface area contributed by atoms with E-state index in [0.29, 0.717) is 53.0 Å². The average Bonchev–Trinajstić information content (AvgIpc) is 3.16. The van der Waals surface area contributed by atoms with E-state index in [4.69, 9.17) is 16.1 Å². The number of benzene rings is 2. The van der Waals surface area contributed by atoms with Gasteiger partial charge in [0.05, 0.1) is 10.6 Å². The van der Waals surface area contributed by atoms with Gasteiger partial charge in [-0.25, -0.2) is 8.42 Å². The Kier molecular flexibility index (Phi) is 5.61. The van der Waals surface area contributed by atoms with Gasteiger partial charge in [-0.15, -0.1) is 0 Å². The maximum Gasteiger partial charge on any atom is 0.243 e. The van der Waals surface area contributed by atoms with Crippen molar-refractivity contribution in [2.75, 3.05) is 31.1 Å². The van der Waals surface area contributed by atoms with Gasteiger partial charge >= 0.3 is 0 Å². The smallest absolute Gasteiger partial charge is 0.243 e. The van der Waals surface area contributed by atoms with Crippen molar-refractivity contribution in [1.29, 1.82) is 0 Å². The minimum absolute atomic E-state index is 0.307. The summed E-state index contributed by atoms with van der Waals surface area (Å²) in [5.41, 5.74) is 4.35. The molecule has 1 aliphatic rings. The van der Waals surface area contributed by atoms with Crippen molar-refractivity contribution >= 4 is 27.3 Å². The Morgan fingerprint density at radius 3 is 2.30 bits per heavy atom. The number of hydrogen-bond donors (Lipinski definition) is 0. The molecular weight excluding hydrogens is 422 g/mol. The zero-order valence-corrected chi connectivity index (χ0v) is 18.8. The van der Waals surface area contributed by atoms with E-state index in [-0.39, 0.29) is 0 Å². The number of piperazine rings is 1. The SMILES string of the molecule is Cc1cc(-c2ccc(C)c(S(=O)(=O)N3CCN(c4cc(Cl)ccc4C)CC3)c2)on1. The second-order valence-electron chi connectivity index (χ2n) is 7.63. The molecule has 1 aliphatic heterocycles. The van der Waals surface area contributed by atoms with Gasteiger partial charge in [-0.05, 0) is 50.1 Å². The molecule has 0 unspecified atom stereocenters. The fourth-order valence-corrected chi connectivity index (χ4v) is 5.60. The number of nitrogens with zero attached hydrogens (tertiary/aromatic N) is 3. The summed E-state index contributed by atoms with van der Waals surface area (Å²) in [7, 11) is -3.62. The first-order valence-electron chi connectivity index (χ1n) is 9.81. The number of aromatic nitrogens is 1. The zero-order chi connectivity index (χ0) is 21.5. The summed E-state index contributed by atoms with van der Waals surface area (Å²) in [4.78, 5) is 2.50. The highest BCUT2D eigenvalue weighted by atomic mass is 35.5. The van der Waals surface area contributed by atoms with E-state index < -0.39 is 10.0 Å². The first kappa shape index (κ1) is 20.9. The minimum Gasteiger partial charge on any atom is -0.369 e. The second-order valence-corrected chi connectivity index (χ2v) is 9.98. The molecule has 8 heteroatoms. The molecule has 0 saturated carbocycles. The number of aryl methyl sites for hydroxylation is 3. The van der Waals surface area contributed by atoms with Crippen LogP contribution in [0.4, 0.5) is 5.69 Å². The fourth-order valence-electron chi connectivity index (χ4n) is 3.76. The quantitative estimate of drug-likeness (QED) is 0.594. The van der Waals surface area contributed by atoms with E-state index in [1.54, 1.807) is 16.4 Å².